The minimum Gasteiger partial charge on any atom is -0.354 e. The highest BCUT2D eigenvalue weighted by Gasteiger charge is 2.32. The van der Waals surface area contributed by atoms with E-state index in [2.05, 4.69) is 5.32 Å². The second-order valence-corrected chi connectivity index (χ2v) is 7.84. The van der Waals surface area contributed by atoms with Gasteiger partial charge in [0, 0.05) is 35.6 Å². The lowest BCUT2D eigenvalue weighted by Crippen LogP contribution is -2.32. The van der Waals surface area contributed by atoms with E-state index in [4.69, 9.17) is 39.5 Å². The molecule has 28 heavy (non-hydrogen) atoms. The molecule has 0 aromatic heterocycles. The van der Waals surface area contributed by atoms with Gasteiger partial charge in [-0.1, -0.05) is 46.9 Å². The predicted octanol–water partition coefficient (Wildman–Crippen LogP) is 4.81. The molecule has 7 nitrogen and oxygen atoms in total. The summed E-state index contributed by atoms with van der Waals surface area (Å²) in [5, 5.41) is 13.6. The van der Waals surface area contributed by atoms with Gasteiger partial charge in [0.1, 0.15) is 0 Å². The maximum absolute atomic E-state index is 12.7. The number of anilines is 1. The van der Waals surface area contributed by atoms with Crippen molar-refractivity contribution in [1.29, 1.82) is 0 Å². The number of ether oxygens (including phenoxy) is 1. The fourth-order valence-electron chi connectivity index (χ4n) is 2.31. The fraction of sp³-hybridized carbons (Fsp3) is 0.222. The van der Waals surface area contributed by atoms with E-state index in [1.54, 1.807) is 19.1 Å². The first-order chi connectivity index (χ1) is 13.1. The van der Waals surface area contributed by atoms with Crippen LogP contribution in [-0.4, -0.2) is 33.1 Å². The van der Waals surface area contributed by atoms with E-state index in [-0.39, 0.29) is 23.4 Å². The van der Waals surface area contributed by atoms with Crippen LogP contribution >= 0.6 is 34.8 Å². The molecule has 0 saturated carbocycles. The highest BCUT2D eigenvalue weighted by Crippen LogP contribution is 2.31. The van der Waals surface area contributed by atoms with E-state index < -0.39 is 26.5 Å². The van der Waals surface area contributed by atoms with Crippen LogP contribution in [0.4, 0.5) is 11.4 Å². The lowest BCUT2D eigenvalue weighted by molar-refractivity contribution is -0.384. The van der Waals surface area contributed by atoms with Crippen LogP contribution in [0.15, 0.2) is 48.5 Å². The zero-order chi connectivity index (χ0) is 20.9. The summed E-state index contributed by atoms with van der Waals surface area (Å²) in [6.45, 7) is 1.93. The molecule has 2 aromatic rings. The number of carbonyl (C=O) groups excluding carboxylic acids is 2. The topological polar surface area (TPSA) is 98.5 Å². The van der Waals surface area contributed by atoms with Gasteiger partial charge in [-0.2, -0.15) is 0 Å². The number of ketones is 2. The summed E-state index contributed by atoms with van der Waals surface area (Å²) in [4.78, 5) is 35.0. The lowest BCUT2D eigenvalue weighted by Gasteiger charge is -2.19. The van der Waals surface area contributed by atoms with Gasteiger partial charge in [-0.05, 0) is 31.2 Å². The SMILES string of the molecule is CCOC(Nc1cccc(C(=O)C(Cl)(Cl)Cl)c1)C(=O)c1ccc([N+](=O)[O-])cc1. The van der Waals surface area contributed by atoms with Crippen LogP contribution in [-0.2, 0) is 4.74 Å². The van der Waals surface area contributed by atoms with E-state index in [9.17, 15) is 19.7 Å². The number of halogens is 3. The summed E-state index contributed by atoms with van der Waals surface area (Å²) >= 11 is 16.9. The lowest BCUT2D eigenvalue weighted by atomic mass is 10.1. The average Bonchev–Trinajstić information content (AvgIpc) is 2.66. The van der Waals surface area contributed by atoms with Crippen molar-refractivity contribution in [2.24, 2.45) is 0 Å². The van der Waals surface area contributed by atoms with Gasteiger partial charge in [-0.3, -0.25) is 19.7 Å². The van der Waals surface area contributed by atoms with Crippen LogP contribution in [0.3, 0.4) is 0 Å². The van der Waals surface area contributed by atoms with Crippen LogP contribution < -0.4 is 5.32 Å². The Kier molecular flexibility index (Phi) is 7.37. The number of nitro benzene ring substituents is 1. The average molecular weight is 446 g/mol. The van der Waals surface area contributed by atoms with Crippen molar-refractivity contribution >= 4 is 57.7 Å². The molecule has 0 fully saturated rings. The van der Waals surface area contributed by atoms with Crippen molar-refractivity contribution in [1.82, 2.24) is 0 Å². The van der Waals surface area contributed by atoms with Gasteiger partial charge in [0.2, 0.25) is 11.6 Å². The van der Waals surface area contributed by atoms with E-state index in [0.29, 0.717) is 5.69 Å². The number of hydrogen-bond acceptors (Lipinski definition) is 6. The Hall–Kier alpha value is -2.19. The monoisotopic (exact) mass is 444 g/mol. The molecule has 0 saturated heterocycles. The zero-order valence-corrected chi connectivity index (χ0v) is 16.8. The van der Waals surface area contributed by atoms with Crippen molar-refractivity contribution in [3.63, 3.8) is 0 Å². The largest absolute Gasteiger partial charge is 0.354 e. The smallest absolute Gasteiger partial charge is 0.269 e. The molecule has 0 heterocycles. The molecule has 1 N–H and O–H groups in total. The number of alkyl halides is 3. The van der Waals surface area contributed by atoms with Crippen molar-refractivity contribution < 1.29 is 19.2 Å². The minimum absolute atomic E-state index is 0.129. The number of nitrogens with one attached hydrogen (secondary N) is 1. The zero-order valence-electron chi connectivity index (χ0n) is 14.5. The van der Waals surface area contributed by atoms with Gasteiger partial charge in [-0.15, -0.1) is 0 Å². The van der Waals surface area contributed by atoms with Crippen LogP contribution in [0.25, 0.3) is 0 Å². The summed E-state index contributed by atoms with van der Waals surface area (Å²) in [5.41, 5.74) is 0.636. The standard InChI is InChI=1S/C18H15Cl3N2O5/c1-2-28-17(15(24)11-6-8-14(9-7-11)23(26)27)22-13-5-3-4-12(10-13)16(25)18(19,20)21/h3-10,17,22H,2H2,1H3. The van der Waals surface area contributed by atoms with Gasteiger partial charge < -0.3 is 10.1 Å². The molecule has 0 aliphatic carbocycles. The minimum atomic E-state index is -2.10. The Morgan fingerprint density at radius 3 is 2.32 bits per heavy atom. The first-order valence-electron chi connectivity index (χ1n) is 8.02. The molecule has 0 aliphatic heterocycles. The Morgan fingerprint density at radius 1 is 1.14 bits per heavy atom. The highest BCUT2D eigenvalue weighted by molar-refractivity contribution is 6.77. The van der Waals surface area contributed by atoms with Crippen molar-refractivity contribution in [3.8, 4) is 0 Å². The molecule has 1 atom stereocenters. The molecule has 2 rings (SSSR count). The normalized spacial score (nSPS) is 12.3. The molecule has 0 radical (unpaired) electrons. The van der Waals surface area contributed by atoms with E-state index >= 15 is 0 Å². The van der Waals surface area contributed by atoms with Crippen LogP contribution in [0.2, 0.25) is 0 Å². The quantitative estimate of drug-likeness (QED) is 0.206. The van der Waals surface area contributed by atoms with Gasteiger partial charge in [0.05, 0.1) is 4.92 Å². The van der Waals surface area contributed by atoms with Crippen molar-refractivity contribution in [3.05, 3.63) is 69.8 Å². The predicted molar refractivity (Wildman–Crippen MR) is 108 cm³/mol. The third kappa shape index (κ3) is 5.65. The van der Waals surface area contributed by atoms with Crippen LogP contribution in [0.5, 0.6) is 0 Å². The molecule has 1 unspecified atom stereocenters. The molecule has 0 amide bonds. The number of benzene rings is 2. The van der Waals surface area contributed by atoms with Crippen LogP contribution in [0.1, 0.15) is 27.6 Å². The summed E-state index contributed by atoms with van der Waals surface area (Å²) in [5.74, 6) is -1.15. The van der Waals surface area contributed by atoms with Gasteiger partial charge >= 0.3 is 0 Å². The Labute approximate surface area is 175 Å². The Bertz CT molecular complexity index is 882. The Balaban J connectivity index is 2.24. The molecular formula is C18H15Cl3N2O5. The van der Waals surface area contributed by atoms with Crippen molar-refractivity contribution in [2.45, 2.75) is 16.9 Å². The number of carbonyl (C=O) groups is 2. The molecule has 0 bridgehead atoms. The van der Waals surface area contributed by atoms with Gasteiger partial charge in [0.25, 0.3) is 9.48 Å². The highest BCUT2D eigenvalue weighted by atomic mass is 35.6. The molecule has 2 aromatic carbocycles. The summed E-state index contributed by atoms with van der Waals surface area (Å²) < 4.78 is 3.35. The molecule has 0 aliphatic rings. The van der Waals surface area contributed by atoms with E-state index in [1.165, 1.54) is 36.4 Å². The van der Waals surface area contributed by atoms with E-state index in [1.807, 2.05) is 0 Å². The first-order valence-corrected chi connectivity index (χ1v) is 9.15. The summed E-state index contributed by atoms with van der Waals surface area (Å²) in [6, 6.07) is 11.2. The molecular weight excluding hydrogens is 431 g/mol. The van der Waals surface area contributed by atoms with Gasteiger partial charge in [0.15, 0.2) is 6.23 Å². The number of non-ortho nitro benzene ring substituents is 1. The maximum Gasteiger partial charge on any atom is 0.269 e. The summed E-state index contributed by atoms with van der Waals surface area (Å²) in [7, 11) is 0. The molecule has 148 valence electrons. The number of rotatable bonds is 8. The van der Waals surface area contributed by atoms with Crippen molar-refractivity contribution in [2.75, 3.05) is 11.9 Å². The second kappa shape index (κ2) is 9.34. The van der Waals surface area contributed by atoms with Gasteiger partial charge in [-0.25, -0.2) is 0 Å². The maximum atomic E-state index is 12.7. The number of Topliss-reactive ketones (excluding diaryl/α,β-unsaturated/α-hetero) is 2. The second-order valence-electron chi connectivity index (χ2n) is 5.56. The molecule has 10 heteroatoms. The summed E-state index contributed by atoms with van der Waals surface area (Å²) in [6.07, 6.45) is -1.08. The van der Waals surface area contributed by atoms with Crippen LogP contribution in [0, 0.1) is 10.1 Å². The third-order valence-electron chi connectivity index (χ3n) is 3.61. The fourth-order valence-corrected chi connectivity index (χ4v) is 2.64. The first kappa shape index (κ1) is 22.1. The number of nitro groups is 1. The Morgan fingerprint density at radius 2 is 1.79 bits per heavy atom. The number of nitrogens with zero attached hydrogens (tertiary/aromatic N) is 1. The number of hydrogen-bond donors (Lipinski definition) is 1. The molecule has 0 spiro atoms. The van der Waals surface area contributed by atoms with E-state index in [0.717, 1.165) is 0 Å². The third-order valence-corrected chi connectivity index (χ3v) is 4.13.